The Hall–Kier alpha value is -0.0100. The Balaban J connectivity index is 2.65. The largest absolute Gasteiger partial charge is 0.147 e. The zero-order chi connectivity index (χ0) is 9.14. The lowest BCUT2D eigenvalue weighted by atomic mass is 10.1. The molecule has 0 fully saturated rings. The minimum absolute atomic E-state index is 0.213. The summed E-state index contributed by atoms with van der Waals surface area (Å²) in [6.07, 6.45) is 1.07. The molecular formula is C10H15ClS. The molecular weight excluding hydrogens is 188 g/mol. The second-order valence-electron chi connectivity index (χ2n) is 3.56. The Bertz CT molecular complexity index is 240. The van der Waals surface area contributed by atoms with Crippen molar-refractivity contribution in [3.63, 3.8) is 0 Å². The minimum atomic E-state index is 0.213. The van der Waals surface area contributed by atoms with E-state index < -0.39 is 0 Å². The lowest BCUT2D eigenvalue weighted by Crippen LogP contribution is -1.95. The molecule has 0 aliphatic rings. The van der Waals surface area contributed by atoms with E-state index >= 15 is 0 Å². The molecule has 1 aromatic rings. The van der Waals surface area contributed by atoms with Gasteiger partial charge in [-0.3, -0.25) is 0 Å². The molecule has 12 heavy (non-hydrogen) atoms. The van der Waals surface area contributed by atoms with Crippen LogP contribution in [0.2, 0.25) is 0 Å². The Morgan fingerprint density at radius 3 is 2.58 bits per heavy atom. The lowest BCUT2D eigenvalue weighted by Gasteiger charge is -2.10. The van der Waals surface area contributed by atoms with Gasteiger partial charge in [0.25, 0.3) is 0 Å². The summed E-state index contributed by atoms with van der Waals surface area (Å²) < 4.78 is 0. The van der Waals surface area contributed by atoms with E-state index in [-0.39, 0.29) is 5.38 Å². The molecule has 1 aromatic heterocycles. The smallest absolute Gasteiger partial charge is 0.0683 e. The van der Waals surface area contributed by atoms with Crippen molar-refractivity contribution in [2.24, 2.45) is 5.92 Å². The van der Waals surface area contributed by atoms with Gasteiger partial charge in [0.2, 0.25) is 0 Å². The molecule has 2 heteroatoms. The number of hydrogen-bond acceptors (Lipinski definition) is 1. The van der Waals surface area contributed by atoms with Gasteiger partial charge in [-0.1, -0.05) is 13.8 Å². The summed E-state index contributed by atoms with van der Waals surface area (Å²) in [4.78, 5) is 1.34. The van der Waals surface area contributed by atoms with Gasteiger partial charge >= 0.3 is 0 Å². The van der Waals surface area contributed by atoms with Gasteiger partial charge in [0.05, 0.1) is 5.38 Å². The van der Waals surface area contributed by atoms with Crippen LogP contribution in [0, 0.1) is 12.8 Å². The Morgan fingerprint density at radius 2 is 2.17 bits per heavy atom. The van der Waals surface area contributed by atoms with Crippen LogP contribution in [0.4, 0.5) is 0 Å². The van der Waals surface area contributed by atoms with Gasteiger partial charge in [-0.15, -0.1) is 22.9 Å². The SMILES string of the molecule is Cc1ccsc1C(Cl)CC(C)C. The van der Waals surface area contributed by atoms with Crippen LogP contribution in [0.5, 0.6) is 0 Å². The van der Waals surface area contributed by atoms with E-state index in [1.54, 1.807) is 11.3 Å². The van der Waals surface area contributed by atoms with Crippen molar-refractivity contribution in [2.45, 2.75) is 32.6 Å². The Morgan fingerprint density at radius 1 is 1.50 bits per heavy atom. The summed E-state index contributed by atoms with van der Waals surface area (Å²) >= 11 is 8.03. The van der Waals surface area contributed by atoms with E-state index in [1.807, 2.05) is 0 Å². The summed E-state index contributed by atoms with van der Waals surface area (Å²) in [5.74, 6) is 0.675. The average molecular weight is 203 g/mol. The van der Waals surface area contributed by atoms with Crippen LogP contribution in [0.25, 0.3) is 0 Å². The quantitative estimate of drug-likeness (QED) is 0.639. The molecule has 0 aliphatic carbocycles. The average Bonchev–Trinajstić information content (AvgIpc) is 2.33. The van der Waals surface area contributed by atoms with Crippen LogP contribution in [0.1, 0.15) is 36.1 Å². The zero-order valence-electron chi connectivity index (χ0n) is 7.80. The second-order valence-corrected chi connectivity index (χ2v) is 5.04. The van der Waals surface area contributed by atoms with Gasteiger partial charge in [-0.05, 0) is 36.3 Å². The normalized spacial score (nSPS) is 13.8. The summed E-state index contributed by atoms with van der Waals surface area (Å²) in [7, 11) is 0. The number of hydrogen-bond donors (Lipinski definition) is 0. The van der Waals surface area contributed by atoms with Gasteiger partial charge in [0, 0.05) is 4.88 Å². The van der Waals surface area contributed by atoms with Crippen LogP contribution in [0.3, 0.4) is 0 Å². The third kappa shape index (κ3) is 2.49. The fourth-order valence-electron chi connectivity index (χ4n) is 1.23. The molecule has 1 heterocycles. The standard InChI is InChI=1S/C10H15ClS/c1-7(2)6-9(11)10-8(3)4-5-12-10/h4-5,7,9H,6H2,1-3H3. The fraction of sp³-hybridized carbons (Fsp3) is 0.600. The number of halogens is 1. The van der Waals surface area contributed by atoms with E-state index in [2.05, 4.69) is 32.2 Å². The predicted octanol–water partition coefficient (Wildman–Crippen LogP) is 4.38. The topological polar surface area (TPSA) is 0 Å². The maximum Gasteiger partial charge on any atom is 0.0683 e. The van der Waals surface area contributed by atoms with Gasteiger partial charge in [0.15, 0.2) is 0 Å². The molecule has 0 aliphatic heterocycles. The zero-order valence-corrected chi connectivity index (χ0v) is 9.38. The van der Waals surface area contributed by atoms with E-state index in [4.69, 9.17) is 11.6 Å². The molecule has 0 bridgehead atoms. The lowest BCUT2D eigenvalue weighted by molar-refractivity contribution is 0.577. The van der Waals surface area contributed by atoms with Crippen LogP contribution >= 0.6 is 22.9 Å². The van der Waals surface area contributed by atoms with E-state index in [9.17, 15) is 0 Å². The van der Waals surface area contributed by atoms with Gasteiger partial charge in [-0.2, -0.15) is 0 Å². The first-order valence-electron chi connectivity index (χ1n) is 4.29. The molecule has 0 radical (unpaired) electrons. The van der Waals surface area contributed by atoms with Crippen molar-refractivity contribution in [3.8, 4) is 0 Å². The summed E-state index contributed by atoms with van der Waals surface area (Å²) in [5, 5.41) is 2.32. The van der Waals surface area contributed by atoms with Crippen molar-refractivity contribution in [1.82, 2.24) is 0 Å². The van der Waals surface area contributed by atoms with Gasteiger partial charge < -0.3 is 0 Å². The number of rotatable bonds is 3. The van der Waals surface area contributed by atoms with E-state index in [0.29, 0.717) is 5.92 Å². The molecule has 0 aromatic carbocycles. The van der Waals surface area contributed by atoms with Crippen LogP contribution in [-0.2, 0) is 0 Å². The maximum atomic E-state index is 6.26. The van der Waals surface area contributed by atoms with Gasteiger partial charge in [-0.25, -0.2) is 0 Å². The maximum absolute atomic E-state index is 6.26. The molecule has 0 nitrogen and oxygen atoms in total. The molecule has 68 valence electrons. The first-order valence-corrected chi connectivity index (χ1v) is 5.61. The number of alkyl halides is 1. The van der Waals surface area contributed by atoms with Crippen LogP contribution < -0.4 is 0 Å². The second kappa shape index (κ2) is 4.29. The highest BCUT2D eigenvalue weighted by Crippen LogP contribution is 2.33. The van der Waals surface area contributed by atoms with Crippen molar-refractivity contribution in [2.75, 3.05) is 0 Å². The molecule has 1 unspecified atom stereocenters. The molecule has 1 atom stereocenters. The predicted molar refractivity (Wildman–Crippen MR) is 57.1 cm³/mol. The van der Waals surface area contributed by atoms with Crippen molar-refractivity contribution in [1.29, 1.82) is 0 Å². The molecule has 0 amide bonds. The van der Waals surface area contributed by atoms with E-state index in [1.165, 1.54) is 10.4 Å². The van der Waals surface area contributed by atoms with Crippen LogP contribution in [0.15, 0.2) is 11.4 Å². The molecule has 1 rings (SSSR count). The molecule has 0 N–H and O–H groups in total. The fourth-order valence-corrected chi connectivity index (χ4v) is 2.83. The van der Waals surface area contributed by atoms with Crippen molar-refractivity contribution >= 4 is 22.9 Å². The summed E-state index contributed by atoms with van der Waals surface area (Å²) in [6.45, 7) is 6.54. The van der Waals surface area contributed by atoms with Crippen molar-refractivity contribution in [3.05, 3.63) is 21.9 Å². The van der Waals surface area contributed by atoms with E-state index in [0.717, 1.165) is 6.42 Å². The monoisotopic (exact) mass is 202 g/mol. The minimum Gasteiger partial charge on any atom is -0.147 e. The highest BCUT2D eigenvalue weighted by Gasteiger charge is 2.13. The Labute approximate surface area is 83.6 Å². The first kappa shape index (κ1) is 10.1. The first-order chi connectivity index (χ1) is 5.61. The van der Waals surface area contributed by atoms with Crippen molar-refractivity contribution < 1.29 is 0 Å². The summed E-state index contributed by atoms with van der Waals surface area (Å²) in [6, 6.07) is 2.13. The number of thiophene rings is 1. The highest BCUT2D eigenvalue weighted by atomic mass is 35.5. The summed E-state index contributed by atoms with van der Waals surface area (Å²) in [5.41, 5.74) is 1.33. The molecule has 0 saturated heterocycles. The molecule has 0 saturated carbocycles. The highest BCUT2D eigenvalue weighted by molar-refractivity contribution is 7.10. The number of aryl methyl sites for hydroxylation is 1. The third-order valence-corrected chi connectivity index (χ3v) is 3.52. The van der Waals surface area contributed by atoms with Gasteiger partial charge in [0.1, 0.15) is 0 Å². The van der Waals surface area contributed by atoms with Crippen LogP contribution in [-0.4, -0.2) is 0 Å². The molecule has 0 spiro atoms. The Kier molecular flexibility index (Phi) is 3.60. The third-order valence-electron chi connectivity index (χ3n) is 1.86.